The van der Waals surface area contributed by atoms with Crippen LogP contribution in [0.4, 0.5) is 13.2 Å². The van der Waals surface area contributed by atoms with Gasteiger partial charge in [0.05, 0.1) is 5.57 Å². The smallest absolute Gasteiger partial charge is 0.384 e. The summed E-state index contributed by atoms with van der Waals surface area (Å²) in [6.07, 6.45) is -0.356. The number of nitrogens with one attached hydrogen (secondary N) is 2. The van der Waals surface area contributed by atoms with Gasteiger partial charge in [0.25, 0.3) is 0 Å². The fourth-order valence-corrected chi connectivity index (χ4v) is 3.46. The Morgan fingerprint density at radius 2 is 1.95 bits per heavy atom. The van der Waals surface area contributed by atoms with Crippen molar-refractivity contribution in [2.45, 2.75) is 31.5 Å². The van der Waals surface area contributed by atoms with Gasteiger partial charge in [-0.2, -0.15) is 13.2 Å². The number of halogens is 3. The van der Waals surface area contributed by atoms with Gasteiger partial charge in [-0.1, -0.05) is 0 Å². The van der Waals surface area contributed by atoms with Crippen LogP contribution in [0.1, 0.15) is 19.3 Å². The molecule has 0 saturated carbocycles. The summed E-state index contributed by atoms with van der Waals surface area (Å²) in [5.41, 5.74) is 7.28. The minimum Gasteiger partial charge on any atom is -0.384 e. The Bertz CT molecular complexity index is 445. The molecular weight excluding hydrogens is 255 g/mol. The molecule has 3 nitrogen and oxygen atoms in total. The number of hydrogen-bond acceptors (Lipinski definition) is 3. The Labute approximate surface area is 110 Å². The first-order valence-electron chi connectivity index (χ1n) is 6.63. The fourth-order valence-electron chi connectivity index (χ4n) is 3.46. The monoisotopic (exact) mass is 273 g/mol. The van der Waals surface area contributed by atoms with E-state index < -0.39 is 11.7 Å². The third kappa shape index (κ3) is 2.07. The molecule has 1 fully saturated rings. The second-order valence-corrected chi connectivity index (χ2v) is 5.72. The highest BCUT2D eigenvalue weighted by atomic mass is 19.4. The quantitative estimate of drug-likeness (QED) is 0.626. The van der Waals surface area contributed by atoms with Crippen LogP contribution in [0.15, 0.2) is 22.9 Å². The van der Waals surface area contributed by atoms with Crippen molar-refractivity contribution in [2.75, 3.05) is 19.6 Å². The number of allylic oxidation sites excluding steroid dienone is 1. The summed E-state index contributed by atoms with van der Waals surface area (Å²) in [6, 6.07) is -0.283. The van der Waals surface area contributed by atoms with Crippen molar-refractivity contribution in [1.29, 1.82) is 0 Å². The molecule has 19 heavy (non-hydrogen) atoms. The molecule has 3 aliphatic rings. The number of rotatable bonds is 0. The summed E-state index contributed by atoms with van der Waals surface area (Å²) in [7, 11) is 0. The molecule has 0 bridgehead atoms. The van der Waals surface area contributed by atoms with Gasteiger partial charge >= 0.3 is 6.18 Å². The van der Waals surface area contributed by atoms with E-state index in [1.165, 1.54) is 6.08 Å². The van der Waals surface area contributed by atoms with Gasteiger partial charge in [0, 0.05) is 18.3 Å². The van der Waals surface area contributed by atoms with Crippen molar-refractivity contribution in [3.8, 4) is 0 Å². The highest BCUT2D eigenvalue weighted by Gasteiger charge is 2.48. The van der Waals surface area contributed by atoms with E-state index in [2.05, 4.69) is 10.6 Å². The molecule has 0 aromatic heterocycles. The summed E-state index contributed by atoms with van der Waals surface area (Å²) in [4.78, 5) is 0. The summed E-state index contributed by atoms with van der Waals surface area (Å²) in [5.74, 6) is 0. The molecule has 1 aliphatic carbocycles. The van der Waals surface area contributed by atoms with Gasteiger partial charge in [-0.15, -0.1) is 0 Å². The molecule has 3 rings (SSSR count). The van der Waals surface area contributed by atoms with Gasteiger partial charge in [-0.05, 0) is 49.4 Å². The van der Waals surface area contributed by atoms with Crippen molar-refractivity contribution >= 4 is 0 Å². The normalized spacial score (nSPS) is 30.1. The lowest BCUT2D eigenvalue weighted by molar-refractivity contribution is -0.0930. The van der Waals surface area contributed by atoms with Gasteiger partial charge in [-0.25, -0.2) is 0 Å². The molecule has 0 unspecified atom stereocenters. The largest absolute Gasteiger partial charge is 0.414 e. The third-order valence-corrected chi connectivity index (χ3v) is 4.66. The molecule has 4 N–H and O–H groups in total. The lowest BCUT2D eigenvalue weighted by Gasteiger charge is -2.38. The minimum absolute atomic E-state index is 0.0551. The highest BCUT2D eigenvalue weighted by Crippen LogP contribution is 2.48. The molecule has 106 valence electrons. The van der Waals surface area contributed by atoms with Crippen molar-refractivity contribution in [1.82, 2.24) is 10.6 Å². The van der Waals surface area contributed by atoms with Crippen LogP contribution in [0.2, 0.25) is 0 Å². The number of hydrogen-bond donors (Lipinski definition) is 3. The summed E-state index contributed by atoms with van der Waals surface area (Å²) in [5, 5.41) is 6.21. The number of piperidine rings is 1. The van der Waals surface area contributed by atoms with Crippen LogP contribution in [0.3, 0.4) is 0 Å². The maximum atomic E-state index is 12.8. The fraction of sp³-hybridized carbons (Fsp3) is 0.692. The Morgan fingerprint density at radius 1 is 1.26 bits per heavy atom. The Hall–Kier alpha value is -1.01. The van der Waals surface area contributed by atoms with E-state index in [9.17, 15) is 13.2 Å². The van der Waals surface area contributed by atoms with Crippen molar-refractivity contribution in [3.63, 3.8) is 0 Å². The first-order chi connectivity index (χ1) is 8.92. The van der Waals surface area contributed by atoms with Gasteiger partial charge < -0.3 is 16.4 Å². The van der Waals surface area contributed by atoms with E-state index in [0.29, 0.717) is 5.57 Å². The Morgan fingerprint density at radius 3 is 2.58 bits per heavy atom. The molecule has 6 heteroatoms. The van der Waals surface area contributed by atoms with E-state index >= 15 is 0 Å². The van der Waals surface area contributed by atoms with E-state index in [-0.39, 0.29) is 18.0 Å². The second-order valence-electron chi connectivity index (χ2n) is 5.72. The second kappa shape index (κ2) is 4.24. The molecular formula is C13H18F3N3. The Kier molecular flexibility index (Phi) is 2.90. The van der Waals surface area contributed by atoms with E-state index in [1.54, 1.807) is 0 Å². The predicted molar refractivity (Wildman–Crippen MR) is 66.3 cm³/mol. The van der Waals surface area contributed by atoms with Crippen LogP contribution in [-0.2, 0) is 0 Å². The maximum absolute atomic E-state index is 12.8. The molecule has 0 aromatic rings. The van der Waals surface area contributed by atoms with Crippen LogP contribution in [0, 0.1) is 5.41 Å². The van der Waals surface area contributed by atoms with Gasteiger partial charge in [0.15, 0.2) is 0 Å². The number of alkyl halides is 3. The molecule has 0 aromatic carbocycles. The zero-order valence-corrected chi connectivity index (χ0v) is 10.6. The average molecular weight is 273 g/mol. The SMILES string of the molecule is N[C@@H]1C2=C(CC13CCNCC3)NCC(C(F)(F)F)=C2. The number of dihydropyridines is 1. The van der Waals surface area contributed by atoms with Crippen LogP contribution in [0.25, 0.3) is 0 Å². The molecule has 2 aliphatic heterocycles. The molecule has 1 atom stereocenters. The molecule has 1 spiro atoms. The molecule has 0 radical (unpaired) electrons. The van der Waals surface area contributed by atoms with E-state index in [0.717, 1.165) is 38.0 Å². The summed E-state index contributed by atoms with van der Waals surface area (Å²) in [6.45, 7) is 1.65. The molecule has 1 saturated heterocycles. The number of nitrogens with two attached hydrogens (primary N) is 1. The molecule has 2 heterocycles. The van der Waals surface area contributed by atoms with Crippen LogP contribution < -0.4 is 16.4 Å². The third-order valence-electron chi connectivity index (χ3n) is 4.66. The average Bonchev–Trinajstić information content (AvgIpc) is 2.62. The first kappa shape index (κ1) is 13.0. The van der Waals surface area contributed by atoms with Crippen molar-refractivity contribution < 1.29 is 13.2 Å². The van der Waals surface area contributed by atoms with Crippen molar-refractivity contribution in [2.24, 2.45) is 11.1 Å². The van der Waals surface area contributed by atoms with Crippen molar-refractivity contribution in [3.05, 3.63) is 22.9 Å². The summed E-state index contributed by atoms with van der Waals surface area (Å²) < 4.78 is 38.3. The van der Waals surface area contributed by atoms with Gasteiger partial charge in [-0.3, -0.25) is 0 Å². The van der Waals surface area contributed by atoms with E-state index in [4.69, 9.17) is 5.73 Å². The first-order valence-corrected chi connectivity index (χ1v) is 6.63. The standard InChI is InChI=1S/C13H18F3N3/c14-13(15,16)8-5-9-10(19-7-8)6-12(11(9)17)1-3-18-4-2-12/h5,11,18-19H,1-4,6-7,17H2/t11-/m1/s1. The van der Waals surface area contributed by atoms with Crippen LogP contribution in [-0.4, -0.2) is 31.9 Å². The lowest BCUT2D eigenvalue weighted by atomic mass is 9.73. The predicted octanol–water partition coefficient (Wildman–Crippen LogP) is 1.43. The van der Waals surface area contributed by atoms with Gasteiger partial charge in [0.2, 0.25) is 0 Å². The van der Waals surface area contributed by atoms with Crippen LogP contribution >= 0.6 is 0 Å². The highest BCUT2D eigenvalue weighted by molar-refractivity contribution is 5.44. The maximum Gasteiger partial charge on any atom is 0.414 e. The van der Waals surface area contributed by atoms with Crippen LogP contribution in [0.5, 0.6) is 0 Å². The van der Waals surface area contributed by atoms with E-state index in [1.807, 2.05) is 0 Å². The molecule has 0 amide bonds. The zero-order valence-electron chi connectivity index (χ0n) is 10.6. The topological polar surface area (TPSA) is 50.1 Å². The minimum atomic E-state index is -4.27. The van der Waals surface area contributed by atoms with Gasteiger partial charge in [0.1, 0.15) is 0 Å². The Balaban J connectivity index is 1.88. The summed E-state index contributed by atoms with van der Waals surface area (Å²) >= 11 is 0. The lowest BCUT2D eigenvalue weighted by Crippen LogP contribution is -2.46. The zero-order chi connectivity index (χ0) is 13.7.